The molecule has 0 bridgehead atoms. The standard InChI is InChI=1S/C22H24N6O4/c1-14-7-9-27(10-8-14)19-11-18(24-13-25-19)26-20(29)15-12-23-22(31)28(21(15)30)16-5-3-4-6-17(16)32-2/h3-6,11-14H,7-10H2,1-2H3,(H,23,31)(H,24,25,26,29). The van der Waals surface area contributed by atoms with E-state index < -0.39 is 17.2 Å². The molecule has 0 radical (unpaired) electrons. The molecule has 0 unspecified atom stereocenters. The highest BCUT2D eigenvalue weighted by Gasteiger charge is 2.20. The first-order chi connectivity index (χ1) is 15.5. The van der Waals surface area contributed by atoms with Crippen LogP contribution in [0.15, 0.2) is 52.4 Å². The smallest absolute Gasteiger partial charge is 0.333 e. The van der Waals surface area contributed by atoms with Crippen molar-refractivity contribution in [2.45, 2.75) is 19.8 Å². The quantitative estimate of drug-likeness (QED) is 0.625. The van der Waals surface area contributed by atoms with Crippen LogP contribution in [0.5, 0.6) is 5.75 Å². The molecule has 10 heteroatoms. The first-order valence-electron chi connectivity index (χ1n) is 10.3. The number of amides is 1. The fourth-order valence-electron chi connectivity index (χ4n) is 3.68. The Morgan fingerprint density at radius 2 is 1.94 bits per heavy atom. The fraction of sp³-hybridized carbons (Fsp3) is 0.318. The Morgan fingerprint density at radius 1 is 1.19 bits per heavy atom. The van der Waals surface area contributed by atoms with E-state index in [4.69, 9.17) is 4.74 Å². The van der Waals surface area contributed by atoms with Gasteiger partial charge in [0.2, 0.25) is 0 Å². The van der Waals surface area contributed by atoms with Crippen molar-refractivity contribution in [2.75, 3.05) is 30.4 Å². The average Bonchev–Trinajstić information content (AvgIpc) is 2.80. The monoisotopic (exact) mass is 436 g/mol. The Kier molecular flexibility index (Phi) is 6.02. The summed E-state index contributed by atoms with van der Waals surface area (Å²) in [5.74, 6) is 1.31. The van der Waals surface area contributed by atoms with E-state index in [0.717, 1.165) is 42.5 Å². The van der Waals surface area contributed by atoms with E-state index in [9.17, 15) is 14.4 Å². The van der Waals surface area contributed by atoms with Crippen LogP contribution in [-0.2, 0) is 0 Å². The predicted octanol–water partition coefficient (Wildman–Crippen LogP) is 1.81. The molecule has 1 aromatic carbocycles. The zero-order chi connectivity index (χ0) is 22.7. The van der Waals surface area contributed by atoms with Gasteiger partial charge in [-0.1, -0.05) is 19.1 Å². The highest BCUT2D eigenvalue weighted by atomic mass is 16.5. The van der Waals surface area contributed by atoms with Crippen molar-refractivity contribution in [3.63, 3.8) is 0 Å². The van der Waals surface area contributed by atoms with Gasteiger partial charge in [0.25, 0.3) is 11.5 Å². The van der Waals surface area contributed by atoms with E-state index in [0.29, 0.717) is 11.7 Å². The number of piperidine rings is 1. The molecule has 3 aromatic rings. The first-order valence-corrected chi connectivity index (χ1v) is 10.3. The molecule has 0 saturated carbocycles. The summed E-state index contributed by atoms with van der Waals surface area (Å²) in [7, 11) is 1.43. The molecule has 0 atom stereocenters. The number of anilines is 2. The van der Waals surface area contributed by atoms with E-state index >= 15 is 0 Å². The topological polar surface area (TPSA) is 122 Å². The van der Waals surface area contributed by atoms with E-state index in [2.05, 4.69) is 32.1 Å². The number of benzene rings is 1. The fourth-order valence-corrected chi connectivity index (χ4v) is 3.68. The number of aromatic amines is 1. The van der Waals surface area contributed by atoms with Crippen LogP contribution in [0, 0.1) is 5.92 Å². The summed E-state index contributed by atoms with van der Waals surface area (Å²) in [6.45, 7) is 4.00. The maximum absolute atomic E-state index is 13.0. The van der Waals surface area contributed by atoms with Gasteiger partial charge in [0, 0.05) is 25.4 Å². The molecule has 2 aromatic heterocycles. The number of H-pyrrole nitrogens is 1. The number of rotatable bonds is 5. The Bertz CT molecular complexity index is 1240. The molecule has 2 N–H and O–H groups in total. The van der Waals surface area contributed by atoms with Crippen LogP contribution in [-0.4, -0.2) is 45.6 Å². The minimum atomic E-state index is -0.768. The lowest BCUT2D eigenvalue weighted by atomic mass is 9.99. The lowest BCUT2D eigenvalue weighted by molar-refractivity contribution is 0.102. The highest BCUT2D eigenvalue weighted by Crippen LogP contribution is 2.22. The number of methoxy groups -OCH3 is 1. The third kappa shape index (κ3) is 4.25. The minimum Gasteiger partial charge on any atom is -0.495 e. The molecular formula is C22H24N6O4. The molecule has 32 heavy (non-hydrogen) atoms. The van der Waals surface area contributed by atoms with Crippen LogP contribution >= 0.6 is 0 Å². The maximum atomic E-state index is 13.0. The number of hydrogen-bond acceptors (Lipinski definition) is 7. The minimum absolute atomic E-state index is 0.234. The number of hydrogen-bond donors (Lipinski definition) is 2. The second-order valence-corrected chi connectivity index (χ2v) is 7.71. The van der Waals surface area contributed by atoms with Gasteiger partial charge in [-0.3, -0.25) is 9.59 Å². The van der Waals surface area contributed by atoms with Gasteiger partial charge in [0.1, 0.15) is 29.3 Å². The molecule has 1 fully saturated rings. The molecule has 1 aliphatic heterocycles. The number of carbonyl (C=O) groups is 1. The van der Waals surface area contributed by atoms with Crippen molar-refractivity contribution in [1.82, 2.24) is 19.5 Å². The van der Waals surface area contributed by atoms with Crippen molar-refractivity contribution in [1.29, 1.82) is 0 Å². The Morgan fingerprint density at radius 3 is 2.69 bits per heavy atom. The van der Waals surface area contributed by atoms with Gasteiger partial charge in [-0.15, -0.1) is 0 Å². The summed E-state index contributed by atoms with van der Waals surface area (Å²) in [6.07, 6.45) is 4.63. The largest absolute Gasteiger partial charge is 0.495 e. The molecular weight excluding hydrogens is 412 g/mol. The van der Waals surface area contributed by atoms with Gasteiger partial charge < -0.3 is 19.9 Å². The number of para-hydroxylation sites is 2. The van der Waals surface area contributed by atoms with Crippen LogP contribution in [0.2, 0.25) is 0 Å². The van der Waals surface area contributed by atoms with Crippen LogP contribution in [0.3, 0.4) is 0 Å². The van der Waals surface area contributed by atoms with Gasteiger partial charge in [-0.25, -0.2) is 19.3 Å². The lowest BCUT2D eigenvalue weighted by Gasteiger charge is -2.31. The average molecular weight is 436 g/mol. The van der Waals surface area contributed by atoms with Crippen molar-refractivity contribution in [3.05, 3.63) is 69.3 Å². The second-order valence-electron chi connectivity index (χ2n) is 7.71. The van der Waals surface area contributed by atoms with Crippen LogP contribution < -0.4 is 26.2 Å². The number of aromatic nitrogens is 4. The van der Waals surface area contributed by atoms with Gasteiger partial charge in [0.05, 0.1) is 12.8 Å². The highest BCUT2D eigenvalue weighted by molar-refractivity contribution is 6.03. The molecule has 1 amide bonds. The molecule has 166 valence electrons. The molecule has 0 aliphatic carbocycles. The Hall–Kier alpha value is -3.95. The second kappa shape index (κ2) is 9.04. The number of nitrogens with zero attached hydrogens (tertiary/aromatic N) is 4. The van der Waals surface area contributed by atoms with Gasteiger partial charge in [0.15, 0.2) is 0 Å². The summed E-state index contributed by atoms with van der Waals surface area (Å²) >= 11 is 0. The summed E-state index contributed by atoms with van der Waals surface area (Å²) in [5.41, 5.74) is -1.45. The molecule has 4 rings (SSSR count). The summed E-state index contributed by atoms with van der Waals surface area (Å²) in [6, 6.07) is 8.25. The van der Waals surface area contributed by atoms with Crippen LogP contribution in [0.1, 0.15) is 30.1 Å². The zero-order valence-electron chi connectivity index (χ0n) is 17.9. The number of carbonyl (C=O) groups excluding carboxylic acids is 1. The third-order valence-electron chi connectivity index (χ3n) is 5.55. The zero-order valence-corrected chi connectivity index (χ0v) is 17.9. The maximum Gasteiger partial charge on any atom is 0.333 e. The van der Waals surface area contributed by atoms with Crippen molar-refractivity contribution >= 4 is 17.5 Å². The van der Waals surface area contributed by atoms with E-state index in [-0.39, 0.29) is 17.1 Å². The predicted molar refractivity (Wildman–Crippen MR) is 120 cm³/mol. The van der Waals surface area contributed by atoms with Gasteiger partial charge in [-0.2, -0.15) is 0 Å². The summed E-state index contributed by atoms with van der Waals surface area (Å²) < 4.78 is 6.12. The first kappa shape index (κ1) is 21.3. The molecule has 10 nitrogen and oxygen atoms in total. The van der Waals surface area contributed by atoms with E-state index in [1.165, 1.54) is 13.4 Å². The van der Waals surface area contributed by atoms with E-state index in [1.54, 1.807) is 30.3 Å². The molecule has 1 aliphatic rings. The van der Waals surface area contributed by atoms with E-state index in [1.807, 2.05) is 0 Å². The summed E-state index contributed by atoms with van der Waals surface area (Å²) in [4.78, 5) is 51.3. The van der Waals surface area contributed by atoms with Crippen LogP contribution in [0.4, 0.5) is 11.6 Å². The van der Waals surface area contributed by atoms with Crippen molar-refractivity contribution < 1.29 is 9.53 Å². The van der Waals surface area contributed by atoms with Crippen LogP contribution in [0.25, 0.3) is 5.69 Å². The van der Waals surface area contributed by atoms with Gasteiger partial charge in [-0.05, 0) is 30.9 Å². The molecule has 3 heterocycles. The Labute approximate surface area is 183 Å². The number of nitrogens with one attached hydrogen (secondary N) is 2. The van der Waals surface area contributed by atoms with Crippen molar-refractivity contribution in [3.8, 4) is 11.4 Å². The SMILES string of the molecule is COc1ccccc1-n1c(=O)[nH]cc(C(=O)Nc2cc(N3CCC(C)CC3)ncn2)c1=O. The summed E-state index contributed by atoms with van der Waals surface area (Å²) in [5, 5.41) is 2.63. The number of ether oxygens (including phenoxy) is 1. The molecule has 0 spiro atoms. The molecule has 1 saturated heterocycles. The van der Waals surface area contributed by atoms with Gasteiger partial charge >= 0.3 is 5.69 Å². The normalized spacial score (nSPS) is 14.2. The Balaban J connectivity index is 1.62. The van der Waals surface area contributed by atoms with Crippen molar-refractivity contribution in [2.24, 2.45) is 5.92 Å². The third-order valence-corrected chi connectivity index (χ3v) is 5.55. The lowest BCUT2D eigenvalue weighted by Crippen LogP contribution is -2.38.